The average molecular weight is 478 g/mol. The van der Waals surface area contributed by atoms with E-state index in [4.69, 9.17) is 9.47 Å². The van der Waals surface area contributed by atoms with Crippen LogP contribution in [0.5, 0.6) is 5.75 Å². The summed E-state index contributed by atoms with van der Waals surface area (Å²) in [6.07, 6.45) is -0.0897. The lowest BCUT2D eigenvalue weighted by Crippen LogP contribution is -2.32. The van der Waals surface area contributed by atoms with E-state index in [0.29, 0.717) is 21.5 Å². The lowest BCUT2D eigenvalue weighted by molar-refractivity contribution is -0.141. The molecule has 0 bridgehead atoms. The molecule has 11 heteroatoms. The van der Waals surface area contributed by atoms with Gasteiger partial charge in [-0.15, -0.1) is 22.0 Å². The molecular weight excluding hydrogens is 460 g/mol. The molecule has 1 saturated heterocycles. The van der Waals surface area contributed by atoms with Crippen LogP contribution in [-0.2, 0) is 20.9 Å². The van der Waals surface area contributed by atoms with E-state index in [1.807, 2.05) is 0 Å². The van der Waals surface area contributed by atoms with Crippen molar-refractivity contribution in [3.8, 4) is 5.75 Å². The first-order valence-electron chi connectivity index (χ1n) is 9.46. The van der Waals surface area contributed by atoms with Crippen molar-refractivity contribution in [3.05, 3.63) is 70.7 Å². The van der Waals surface area contributed by atoms with Crippen molar-refractivity contribution in [3.63, 3.8) is 0 Å². The number of aromatic nitrogens is 2. The first kappa shape index (κ1) is 22.2. The molecule has 0 aliphatic carbocycles. The lowest BCUT2D eigenvalue weighted by Gasteiger charge is -2.20. The normalized spacial score (nSPS) is 18.1. The average Bonchev–Trinajstić information content (AvgIpc) is 3.38. The number of carbonyl (C=O) groups is 2. The largest absolute Gasteiger partial charge is 0.486 e. The fourth-order valence-electron chi connectivity index (χ4n) is 3.04. The van der Waals surface area contributed by atoms with Gasteiger partial charge in [-0.25, -0.2) is 8.78 Å². The number of amides is 1. The summed E-state index contributed by atoms with van der Waals surface area (Å²) in [6, 6.07) is 11.4. The topological polar surface area (TPSA) is 81.6 Å². The van der Waals surface area contributed by atoms with Gasteiger partial charge in [-0.05, 0) is 42.0 Å². The Morgan fingerprint density at radius 3 is 2.38 bits per heavy atom. The number of halogens is 2. The van der Waals surface area contributed by atoms with Crippen molar-refractivity contribution in [2.75, 3.05) is 12.0 Å². The molecule has 32 heavy (non-hydrogen) atoms. The molecule has 0 N–H and O–H groups in total. The van der Waals surface area contributed by atoms with Crippen LogP contribution in [0, 0.1) is 11.6 Å². The smallest absolute Gasteiger partial charge is 0.307 e. The van der Waals surface area contributed by atoms with Crippen LogP contribution >= 0.6 is 23.1 Å². The number of hydrogen-bond donors (Lipinski definition) is 0. The monoisotopic (exact) mass is 477 g/mol. The number of methoxy groups -OCH3 is 1. The quantitative estimate of drug-likeness (QED) is 0.474. The summed E-state index contributed by atoms with van der Waals surface area (Å²) in [5.41, 5.74) is 0.691. The number of carbonyl (C=O) groups excluding carboxylic acids is 2. The zero-order valence-electron chi connectivity index (χ0n) is 16.7. The van der Waals surface area contributed by atoms with E-state index in [1.165, 1.54) is 60.2 Å². The zero-order valence-corrected chi connectivity index (χ0v) is 18.4. The first-order chi connectivity index (χ1) is 15.4. The molecule has 2 atom stereocenters. The minimum atomic E-state index is -0.666. The second-order valence-electron chi connectivity index (χ2n) is 6.74. The van der Waals surface area contributed by atoms with Gasteiger partial charge in [0.25, 0.3) is 0 Å². The molecule has 1 aliphatic rings. The van der Waals surface area contributed by atoms with Crippen molar-refractivity contribution in [1.29, 1.82) is 0 Å². The molecule has 1 amide bonds. The maximum Gasteiger partial charge on any atom is 0.307 e. The highest BCUT2D eigenvalue weighted by molar-refractivity contribution is 8.01. The van der Waals surface area contributed by atoms with E-state index in [0.717, 1.165) is 11.3 Å². The van der Waals surface area contributed by atoms with Gasteiger partial charge in [0.2, 0.25) is 11.0 Å². The number of ether oxygens (including phenoxy) is 2. The molecule has 1 aliphatic heterocycles. The lowest BCUT2D eigenvalue weighted by atomic mass is 10.2. The number of thioether (sulfide) groups is 1. The van der Waals surface area contributed by atoms with Gasteiger partial charge in [0.15, 0.2) is 5.01 Å². The standard InChI is InChI=1S/C21H17F2N3O4S2/c1-29-18(27)10-16-19(28)26(20(31-16)12-2-4-13(22)5-3-12)21-25-24-17(32-21)11-30-15-8-6-14(23)7-9-15/h2-9,16,20H,10-11H2,1H3. The molecule has 3 aromatic rings. The third-order valence-corrected chi connectivity index (χ3v) is 6.95. The van der Waals surface area contributed by atoms with Crippen molar-refractivity contribution >= 4 is 40.1 Å². The van der Waals surface area contributed by atoms with Crippen LogP contribution in [0.3, 0.4) is 0 Å². The van der Waals surface area contributed by atoms with Crippen LogP contribution in [0.1, 0.15) is 22.4 Å². The Labute approximate surface area is 190 Å². The van der Waals surface area contributed by atoms with Crippen molar-refractivity contribution in [2.24, 2.45) is 0 Å². The summed E-state index contributed by atoms with van der Waals surface area (Å²) in [7, 11) is 1.26. The summed E-state index contributed by atoms with van der Waals surface area (Å²) in [5.74, 6) is -1.10. The minimum Gasteiger partial charge on any atom is -0.486 e. The van der Waals surface area contributed by atoms with E-state index in [9.17, 15) is 18.4 Å². The molecule has 1 aromatic heterocycles. The Balaban J connectivity index is 1.55. The van der Waals surface area contributed by atoms with Gasteiger partial charge in [-0.3, -0.25) is 14.5 Å². The molecule has 0 saturated carbocycles. The maximum atomic E-state index is 13.4. The zero-order chi connectivity index (χ0) is 22.7. The van der Waals surface area contributed by atoms with Gasteiger partial charge < -0.3 is 9.47 Å². The van der Waals surface area contributed by atoms with E-state index >= 15 is 0 Å². The highest BCUT2D eigenvalue weighted by Gasteiger charge is 2.44. The number of nitrogens with zero attached hydrogens (tertiary/aromatic N) is 3. The minimum absolute atomic E-state index is 0.0886. The Morgan fingerprint density at radius 2 is 1.72 bits per heavy atom. The van der Waals surface area contributed by atoms with E-state index in [-0.39, 0.29) is 24.8 Å². The molecule has 0 radical (unpaired) electrons. The van der Waals surface area contributed by atoms with E-state index in [1.54, 1.807) is 12.1 Å². The fourth-order valence-corrected chi connectivity index (χ4v) is 5.31. The van der Waals surface area contributed by atoms with E-state index in [2.05, 4.69) is 10.2 Å². The Morgan fingerprint density at radius 1 is 1.06 bits per heavy atom. The van der Waals surface area contributed by atoms with Crippen LogP contribution in [0.4, 0.5) is 13.9 Å². The highest BCUT2D eigenvalue weighted by Crippen LogP contribution is 2.47. The molecule has 4 rings (SSSR count). The molecule has 7 nitrogen and oxygen atoms in total. The van der Waals surface area contributed by atoms with Crippen LogP contribution in [0.15, 0.2) is 48.5 Å². The fraction of sp³-hybridized carbons (Fsp3) is 0.238. The molecule has 2 heterocycles. The van der Waals surface area contributed by atoms with E-state index < -0.39 is 22.4 Å². The van der Waals surface area contributed by atoms with Gasteiger partial charge in [0, 0.05) is 0 Å². The summed E-state index contributed by atoms with van der Waals surface area (Å²) in [6.45, 7) is 0.0886. The summed E-state index contributed by atoms with van der Waals surface area (Å²) in [4.78, 5) is 26.4. The molecule has 1 fully saturated rings. The molecule has 2 aromatic carbocycles. The van der Waals surface area contributed by atoms with Crippen molar-refractivity contribution < 1.29 is 27.8 Å². The SMILES string of the molecule is COC(=O)CC1SC(c2ccc(F)cc2)N(c2nnc(COc3ccc(F)cc3)s2)C1=O. The predicted molar refractivity (Wildman–Crippen MR) is 115 cm³/mol. The van der Waals surface area contributed by atoms with Gasteiger partial charge in [0.1, 0.15) is 29.4 Å². The van der Waals surface area contributed by atoms with Gasteiger partial charge >= 0.3 is 5.97 Å². The highest BCUT2D eigenvalue weighted by atomic mass is 32.2. The number of rotatable bonds is 7. The molecule has 166 valence electrons. The number of hydrogen-bond acceptors (Lipinski definition) is 8. The Hall–Kier alpha value is -3.05. The van der Waals surface area contributed by atoms with Crippen molar-refractivity contribution in [2.45, 2.75) is 23.7 Å². The Bertz CT molecular complexity index is 1110. The summed E-state index contributed by atoms with van der Waals surface area (Å²) >= 11 is 2.44. The third kappa shape index (κ3) is 4.89. The van der Waals surface area contributed by atoms with Gasteiger partial charge in [-0.1, -0.05) is 23.5 Å². The maximum absolute atomic E-state index is 13.4. The predicted octanol–water partition coefficient (Wildman–Crippen LogP) is 4.11. The Kier molecular flexibility index (Phi) is 6.66. The molecule has 0 spiro atoms. The third-order valence-electron chi connectivity index (χ3n) is 4.61. The molecule has 2 unspecified atom stereocenters. The van der Waals surface area contributed by atoms with Gasteiger partial charge in [-0.2, -0.15) is 0 Å². The number of anilines is 1. The second kappa shape index (κ2) is 9.61. The molecular formula is C21H17F2N3O4S2. The van der Waals surface area contributed by atoms with Crippen LogP contribution < -0.4 is 9.64 Å². The van der Waals surface area contributed by atoms with Crippen LogP contribution in [-0.4, -0.2) is 34.4 Å². The van der Waals surface area contributed by atoms with Gasteiger partial charge in [0.05, 0.1) is 18.8 Å². The number of esters is 1. The van der Waals surface area contributed by atoms with Crippen LogP contribution in [0.2, 0.25) is 0 Å². The second-order valence-corrected chi connectivity index (χ2v) is 9.07. The van der Waals surface area contributed by atoms with Crippen molar-refractivity contribution in [1.82, 2.24) is 10.2 Å². The summed E-state index contributed by atoms with van der Waals surface area (Å²) < 4.78 is 36.7. The number of benzene rings is 2. The first-order valence-corrected chi connectivity index (χ1v) is 11.2. The summed E-state index contributed by atoms with van der Waals surface area (Å²) in [5, 5.41) is 7.90. The van der Waals surface area contributed by atoms with Crippen LogP contribution in [0.25, 0.3) is 0 Å².